The molecule has 2 nitrogen and oxygen atoms in total. The zero-order chi connectivity index (χ0) is 13.9. The fraction of sp³-hybridized carbons (Fsp3) is 0.438. The fourth-order valence-corrected chi connectivity index (χ4v) is 2.99. The maximum absolute atomic E-state index is 4.55. The Balaban J connectivity index is 1.96. The molecule has 0 aliphatic rings. The molecular weight excluding hydrogens is 252 g/mol. The molecule has 0 aliphatic carbocycles. The van der Waals surface area contributed by atoms with Crippen LogP contribution in [0.3, 0.4) is 0 Å². The highest BCUT2D eigenvalue weighted by atomic mass is 32.3. The third-order valence-electron chi connectivity index (χ3n) is 3.33. The molecule has 0 fully saturated rings. The van der Waals surface area contributed by atoms with Crippen LogP contribution in [0.2, 0.25) is 0 Å². The lowest BCUT2D eigenvalue weighted by Gasteiger charge is -2.25. The molecule has 0 bridgehead atoms. The lowest BCUT2D eigenvalue weighted by atomic mass is 10.1. The van der Waals surface area contributed by atoms with E-state index < -0.39 is 10.0 Å². The van der Waals surface area contributed by atoms with E-state index >= 15 is 0 Å². The molecule has 2 rings (SSSR count). The second-order valence-corrected chi connectivity index (χ2v) is 9.82. The summed E-state index contributed by atoms with van der Waals surface area (Å²) in [4.78, 5) is 9.28. The zero-order valence-electron chi connectivity index (χ0n) is 12.4. The zero-order valence-corrected chi connectivity index (χ0v) is 13.2. The van der Waals surface area contributed by atoms with E-state index in [2.05, 4.69) is 59.9 Å². The number of rotatable bonds is 5. The summed E-state index contributed by atoms with van der Waals surface area (Å²) < 4.78 is 0. The molecule has 0 saturated carbocycles. The Labute approximate surface area is 118 Å². The van der Waals surface area contributed by atoms with Crippen LogP contribution in [-0.4, -0.2) is 28.7 Å². The second kappa shape index (κ2) is 5.83. The second-order valence-electron chi connectivity index (χ2n) is 5.67. The Morgan fingerprint density at radius 1 is 1.05 bits per heavy atom. The maximum Gasteiger partial charge on any atom is 0.106 e. The Morgan fingerprint density at radius 2 is 1.74 bits per heavy atom. The molecule has 0 amide bonds. The summed E-state index contributed by atoms with van der Waals surface area (Å²) in [5.74, 6) is 1.10. The van der Waals surface area contributed by atoms with Crippen LogP contribution in [0.25, 0.3) is 0 Å². The SMILES string of the molecule is CCc1c[nH]c(CCc2ccc(S(C)(C)C)cc2)n1. The summed E-state index contributed by atoms with van der Waals surface area (Å²) >= 11 is 0. The first-order chi connectivity index (χ1) is 8.99. The summed E-state index contributed by atoms with van der Waals surface area (Å²) in [6.07, 6.45) is 12.0. The molecule has 0 spiro atoms. The van der Waals surface area contributed by atoms with E-state index in [0.717, 1.165) is 30.8 Å². The van der Waals surface area contributed by atoms with Crippen molar-refractivity contribution < 1.29 is 0 Å². The first-order valence-electron chi connectivity index (χ1n) is 6.79. The van der Waals surface area contributed by atoms with Gasteiger partial charge in [-0.1, -0.05) is 19.1 Å². The van der Waals surface area contributed by atoms with Crippen LogP contribution in [0.15, 0.2) is 35.4 Å². The molecule has 0 saturated heterocycles. The molecule has 0 atom stereocenters. The monoisotopic (exact) mass is 276 g/mol. The first-order valence-corrected chi connectivity index (χ1v) is 9.65. The van der Waals surface area contributed by atoms with Gasteiger partial charge in [0, 0.05) is 12.6 Å². The van der Waals surface area contributed by atoms with E-state index in [1.165, 1.54) is 10.5 Å². The van der Waals surface area contributed by atoms with Crippen LogP contribution in [0, 0.1) is 0 Å². The van der Waals surface area contributed by atoms with Gasteiger partial charge in [-0.3, -0.25) is 0 Å². The van der Waals surface area contributed by atoms with Gasteiger partial charge in [-0.2, -0.15) is 0 Å². The number of aromatic amines is 1. The van der Waals surface area contributed by atoms with Crippen LogP contribution in [0.4, 0.5) is 0 Å². The number of hydrogen-bond donors (Lipinski definition) is 1. The van der Waals surface area contributed by atoms with E-state index in [1.807, 2.05) is 6.20 Å². The molecule has 2 aromatic rings. The van der Waals surface area contributed by atoms with Crippen molar-refractivity contribution in [2.75, 3.05) is 18.8 Å². The molecule has 3 heteroatoms. The fourth-order valence-electron chi connectivity index (χ4n) is 2.04. The van der Waals surface area contributed by atoms with Crippen molar-refractivity contribution in [3.63, 3.8) is 0 Å². The number of aromatic nitrogens is 2. The molecule has 0 radical (unpaired) electrons. The van der Waals surface area contributed by atoms with Crippen LogP contribution < -0.4 is 0 Å². The van der Waals surface area contributed by atoms with E-state index in [1.54, 1.807) is 0 Å². The maximum atomic E-state index is 4.55. The molecule has 1 aromatic heterocycles. The lowest BCUT2D eigenvalue weighted by Crippen LogP contribution is -1.96. The minimum Gasteiger partial charge on any atom is -0.348 e. The third-order valence-corrected chi connectivity index (χ3v) is 5.01. The highest BCUT2D eigenvalue weighted by Gasteiger charge is 2.07. The summed E-state index contributed by atoms with van der Waals surface area (Å²) in [6, 6.07) is 9.09. The quantitative estimate of drug-likeness (QED) is 0.884. The highest BCUT2D eigenvalue weighted by Crippen LogP contribution is 2.44. The van der Waals surface area contributed by atoms with Gasteiger partial charge < -0.3 is 4.98 Å². The summed E-state index contributed by atoms with van der Waals surface area (Å²) in [6.45, 7) is 2.13. The molecule has 19 heavy (non-hydrogen) atoms. The first kappa shape index (κ1) is 14.2. The van der Waals surface area contributed by atoms with Gasteiger partial charge in [0.1, 0.15) is 5.82 Å². The molecule has 104 valence electrons. The minimum absolute atomic E-state index is 0.605. The van der Waals surface area contributed by atoms with Crippen molar-refractivity contribution in [1.29, 1.82) is 0 Å². The predicted octanol–water partition coefficient (Wildman–Crippen LogP) is 3.81. The molecule has 1 heterocycles. The number of nitrogens with zero attached hydrogens (tertiary/aromatic N) is 1. The largest absolute Gasteiger partial charge is 0.348 e. The molecular formula is C16H24N2S. The lowest BCUT2D eigenvalue weighted by molar-refractivity contribution is 0.874. The number of benzene rings is 1. The molecule has 0 unspecified atom stereocenters. The number of H-pyrrole nitrogens is 1. The van der Waals surface area contributed by atoms with Gasteiger partial charge in [0.05, 0.1) is 5.69 Å². The summed E-state index contributed by atoms with van der Waals surface area (Å²) in [5.41, 5.74) is 2.54. The average molecular weight is 276 g/mol. The van der Waals surface area contributed by atoms with Gasteiger partial charge >= 0.3 is 0 Å². The van der Waals surface area contributed by atoms with E-state index in [4.69, 9.17) is 0 Å². The van der Waals surface area contributed by atoms with Crippen LogP contribution in [0.1, 0.15) is 24.0 Å². The molecule has 1 aromatic carbocycles. The van der Waals surface area contributed by atoms with E-state index in [0.29, 0.717) is 0 Å². The third kappa shape index (κ3) is 3.87. The Kier molecular flexibility index (Phi) is 4.35. The van der Waals surface area contributed by atoms with Crippen molar-refractivity contribution >= 4 is 10.0 Å². The van der Waals surface area contributed by atoms with Crippen LogP contribution >= 0.6 is 10.0 Å². The summed E-state index contributed by atoms with van der Waals surface area (Å²) in [7, 11) is -0.605. The number of aryl methyl sites for hydroxylation is 3. The van der Waals surface area contributed by atoms with Gasteiger partial charge in [-0.15, -0.1) is 0 Å². The normalized spacial score (nSPS) is 12.6. The number of nitrogens with one attached hydrogen (secondary N) is 1. The van der Waals surface area contributed by atoms with Crippen molar-refractivity contribution in [3.8, 4) is 0 Å². The van der Waals surface area contributed by atoms with Crippen LogP contribution in [-0.2, 0) is 19.3 Å². The van der Waals surface area contributed by atoms with Gasteiger partial charge in [-0.25, -0.2) is 15.0 Å². The Bertz CT molecular complexity index is 520. The van der Waals surface area contributed by atoms with Crippen LogP contribution in [0.5, 0.6) is 0 Å². The van der Waals surface area contributed by atoms with Gasteiger partial charge in [-0.05, 0) is 54.2 Å². The van der Waals surface area contributed by atoms with E-state index in [9.17, 15) is 0 Å². The highest BCUT2D eigenvalue weighted by molar-refractivity contribution is 8.32. The minimum atomic E-state index is -0.605. The predicted molar refractivity (Wildman–Crippen MR) is 85.4 cm³/mol. The van der Waals surface area contributed by atoms with Crippen molar-refractivity contribution in [3.05, 3.63) is 47.5 Å². The van der Waals surface area contributed by atoms with Gasteiger partial charge in [0.2, 0.25) is 0 Å². The standard InChI is InChI=1S/C16H24N2S/c1-5-14-12-17-16(18-14)11-8-13-6-9-15(10-7-13)19(2,3)4/h6-7,9-10,12H,5,8,11H2,1-4H3,(H,17,18). The smallest absolute Gasteiger partial charge is 0.106 e. The topological polar surface area (TPSA) is 28.7 Å². The van der Waals surface area contributed by atoms with Gasteiger partial charge in [0.15, 0.2) is 0 Å². The molecule has 0 aliphatic heterocycles. The van der Waals surface area contributed by atoms with Gasteiger partial charge in [0.25, 0.3) is 0 Å². The molecule has 1 N–H and O–H groups in total. The Morgan fingerprint density at radius 3 is 2.26 bits per heavy atom. The average Bonchev–Trinajstić information content (AvgIpc) is 2.84. The summed E-state index contributed by atoms with van der Waals surface area (Å²) in [5, 5.41) is 0. The van der Waals surface area contributed by atoms with Crippen molar-refractivity contribution in [2.45, 2.75) is 31.1 Å². The van der Waals surface area contributed by atoms with Crippen molar-refractivity contribution in [2.24, 2.45) is 0 Å². The van der Waals surface area contributed by atoms with Crippen molar-refractivity contribution in [1.82, 2.24) is 9.97 Å². The van der Waals surface area contributed by atoms with E-state index in [-0.39, 0.29) is 0 Å². The number of hydrogen-bond acceptors (Lipinski definition) is 1. The Hall–Kier alpha value is -1.22. The number of imidazole rings is 1.